The number of rotatable bonds is 4. The van der Waals surface area contributed by atoms with Gasteiger partial charge >= 0.3 is 0 Å². The number of nitrogens with one attached hydrogen (secondary N) is 2. The maximum atomic E-state index is 12.9. The van der Waals surface area contributed by atoms with Gasteiger partial charge in [-0.15, -0.1) is 0 Å². The van der Waals surface area contributed by atoms with Gasteiger partial charge in [0.05, 0.1) is 11.1 Å². The second kappa shape index (κ2) is 7.40. The van der Waals surface area contributed by atoms with Crippen LogP contribution in [-0.2, 0) is 16.1 Å². The van der Waals surface area contributed by atoms with Crippen LogP contribution in [-0.4, -0.2) is 71.8 Å². The Balaban J connectivity index is 1.52. The van der Waals surface area contributed by atoms with Gasteiger partial charge in [0, 0.05) is 38.6 Å². The Kier molecular flexibility index (Phi) is 4.94. The standard InChI is InChI=1S/C19H21FN4O4/c20-8-12-10-23(6-5-21-12)9-11-1-2-13-14(7-11)19(28)24(18(13)27)15-3-4-16(25)22-17(15)26/h1-2,7,12,15,21H,3-6,8-10H2,(H,22,25,26). The zero-order chi connectivity index (χ0) is 19.8. The highest BCUT2D eigenvalue weighted by molar-refractivity contribution is 6.23. The van der Waals surface area contributed by atoms with E-state index in [0.29, 0.717) is 19.6 Å². The molecule has 2 fully saturated rings. The molecule has 148 valence electrons. The summed E-state index contributed by atoms with van der Waals surface area (Å²) in [6.45, 7) is 2.14. The molecule has 9 heteroatoms. The highest BCUT2D eigenvalue weighted by Gasteiger charge is 2.44. The molecule has 0 aromatic heterocycles. The first-order valence-corrected chi connectivity index (χ1v) is 9.34. The number of alkyl halides is 1. The normalized spacial score (nSPS) is 25.8. The van der Waals surface area contributed by atoms with Crippen LogP contribution < -0.4 is 10.6 Å². The van der Waals surface area contributed by atoms with Crippen molar-refractivity contribution in [3.8, 4) is 0 Å². The van der Waals surface area contributed by atoms with Gasteiger partial charge in [0.25, 0.3) is 11.8 Å². The van der Waals surface area contributed by atoms with Crippen LogP contribution >= 0.6 is 0 Å². The smallest absolute Gasteiger partial charge is 0.262 e. The number of carbonyl (C=O) groups excluding carboxylic acids is 4. The molecule has 8 nitrogen and oxygen atoms in total. The SMILES string of the molecule is O=C1CCC(N2C(=O)c3ccc(CN4CCNC(CF)C4)cc3C2=O)C(=O)N1. The number of piperidine rings is 1. The Morgan fingerprint density at radius 3 is 2.64 bits per heavy atom. The fourth-order valence-electron chi connectivity index (χ4n) is 4.02. The predicted molar refractivity (Wildman–Crippen MR) is 96.2 cm³/mol. The first-order valence-electron chi connectivity index (χ1n) is 9.34. The highest BCUT2D eigenvalue weighted by Crippen LogP contribution is 2.28. The van der Waals surface area contributed by atoms with Crippen molar-refractivity contribution < 1.29 is 23.6 Å². The number of amides is 4. The maximum Gasteiger partial charge on any atom is 0.262 e. The first kappa shape index (κ1) is 18.7. The molecular formula is C19H21FN4O4. The highest BCUT2D eigenvalue weighted by atomic mass is 19.1. The Morgan fingerprint density at radius 2 is 1.89 bits per heavy atom. The van der Waals surface area contributed by atoms with Crippen LogP contribution in [0.25, 0.3) is 0 Å². The second-order valence-corrected chi connectivity index (χ2v) is 7.37. The molecule has 28 heavy (non-hydrogen) atoms. The number of hydrogen-bond acceptors (Lipinski definition) is 6. The van der Waals surface area contributed by atoms with E-state index in [1.165, 1.54) is 0 Å². The molecule has 2 N–H and O–H groups in total. The van der Waals surface area contributed by atoms with Crippen molar-refractivity contribution >= 4 is 23.6 Å². The van der Waals surface area contributed by atoms with Crippen molar-refractivity contribution in [1.82, 2.24) is 20.4 Å². The number of imide groups is 2. The van der Waals surface area contributed by atoms with Gasteiger partial charge in [-0.1, -0.05) is 6.07 Å². The van der Waals surface area contributed by atoms with Gasteiger partial charge < -0.3 is 5.32 Å². The first-order chi connectivity index (χ1) is 13.5. The number of halogens is 1. The van der Waals surface area contributed by atoms with Gasteiger partial charge in [-0.05, 0) is 24.1 Å². The third-order valence-corrected chi connectivity index (χ3v) is 5.44. The minimum atomic E-state index is -0.966. The zero-order valence-electron chi connectivity index (χ0n) is 15.2. The van der Waals surface area contributed by atoms with E-state index in [9.17, 15) is 23.6 Å². The third-order valence-electron chi connectivity index (χ3n) is 5.44. The fraction of sp³-hybridized carbons (Fsp3) is 0.474. The van der Waals surface area contributed by atoms with Gasteiger partial charge in [-0.2, -0.15) is 0 Å². The molecule has 3 aliphatic rings. The monoisotopic (exact) mass is 388 g/mol. The average Bonchev–Trinajstić information content (AvgIpc) is 2.93. The summed E-state index contributed by atoms with van der Waals surface area (Å²) in [5.41, 5.74) is 1.38. The largest absolute Gasteiger partial charge is 0.309 e. The molecule has 0 radical (unpaired) electrons. The van der Waals surface area contributed by atoms with Crippen LogP contribution in [0.3, 0.4) is 0 Å². The molecule has 2 unspecified atom stereocenters. The molecule has 1 aromatic rings. The number of benzene rings is 1. The summed E-state index contributed by atoms with van der Waals surface area (Å²) in [6, 6.07) is 3.89. The molecule has 0 bridgehead atoms. The van der Waals surface area contributed by atoms with Crippen LogP contribution in [0, 0.1) is 0 Å². The van der Waals surface area contributed by atoms with Crippen molar-refractivity contribution in [1.29, 1.82) is 0 Å². The van der Waals surface area contributed by atoms with E-state index >= 15 is 0 Å². The van der Waals surface area contributed by atoms with E-state index in [1.54, 1.807) is 18.2 Å². The number of hydrogen-bond donors (Lipinski definition) is 2. The molecule has 0 aliphatic carbocycles. The van der Waals surface area contributed by atoms with E-state index in [4.69, 9.17) is 0 Å². The van der Waals surface area contributed by atoms with Crippen LogP contribution in [0.2, 0.25) is 0 Å². The molecular weight excluding hydrogens is 367 g/mol. The molecule has 2 saturated heterocycles. The molecule has 3 aliphatic heterocycles. The van der Waals surface area contributed by atoms with Gasteiger partial charge in [-0.3, -0.25) is 34.3 Å². The fourth-order valence-corrected chi connectivity index (χ4v) is 4.02. The van der Waals surface area contributed by atoms with Gasteiger partial charge in [0.2, 0.25) is 11.8 Å². The predicted octanol–water partition coefficient (Wildman–Crippen LogP) is -0.169. The Bertz CT molecular complexity index is 858. The Labute approximate surface area is 161 Å². The summed E-state index contributed by atoms with van der Waals surface area (Å²) in [6.07, 6.45) is 0.224. The second-order valence-electron chi connectivity index (χ2n) is 7.37. The lowest BCUT2D eigenvalue weighted by atomic mass is 10.0. The van der Waals surface area contributed by atoms with Crippen molar-refractivity contribution in [2.75, 3.05) is 26.3 Å². The lowest BCUT2D eigenvalue weighted by Crippen LogP contribution is -2.54. The number of nitrogens with zero attached hydrogens (tertiary/aromatic N) is 2. The number of piperazine rings is 1. The summed E-state index contributed by atoms with van der Waals surface area (Å²) in [5, 5.41) is 5.29. The van der Waals surface area contributed by atoms with Crippen LogP contribution in [0.5, 0.6) is 0 Å². The van der Waals surface area contributed by atoms with E-state index in [-0.39, 0.29) is 30.0 Å². The van der Waals surface area contributed by atoms with Crippen molar-refractivity contribution in [2.45, 2.75) is 31.5 Å². The van der Waals surface area contributed by atoms with Crippen molar-refractivity contribution in [3.05, 3.63) is 34.9 Å². The van der Waals surface area contributed by atoms with E-state index in [0.717, 1.165) is 17.0 Å². The summed E-state index contributed by atoms with van der Waals surface area (Å²) in [5.74, 6) is -2.05. The Hall–Kier alpha value is -2.65. The summed E-state index contributed by atoms with van der Waals surface area (Å²) < 4.78 is 12.9. The summed E-state index contributed by atoms with van der Waals surface area (Å²) >= 11 is 0. The number of fused-ring (bicyclic) bond motifs is 1. The van der Waals surface area contributed by atoms with Crippen LogP contribution in [0.15, 0.2) is 18.2 Å². The van der Waals surface area contributed by atoms with Gasteiger partial charge in [0.1, 0.15) is 12.7 Å². The van der Waals surface area contributed by atoms with E-state index in [2.05, 4.69) is 15.5 Å². The molecule has 3 heterocycles. The van der Waals surface area contributed by atoms with E-state index < -0.39 is 36.3 Å². The molecule has 4 amide bonds. The topological polar surface area (TPSA) is 98.8 Å². The van der Waals surface area contributed by atoms with E-state index in [1.807, 2.05) is 0 Å². The lowest BCUT2D eigenvalue weighted by molar-refractivity contribution is -0.136. The molecule has 4 rings (SSSR count). The maximum absolute atomic E-state index is 12.9. The van der Waals surface area contributed by atoms with Crippen molar-refractivity contribution in [2.24, 2.45) is 0 Å². The Morgan fingerprint density at radius 1 is 1.11 bits per heavy atom. The zero-order valence-corrected chi connectivity index (χ0v) is 15.2. The molecule has 0 spiro atoms. The molecule has 1 aromatic carbocycles. The average molecular weight is 388 g/mol. The molecule has 0 saturated carbocycles. The minimum absolute atomic E-state index is 0.0911. The third kappa shape index (κ3) is 3.31. The van der Waals surface area contributed by atoms with Crippen LogP contribution in [0.4, 0.5) is 4.39 Å². The quantitative estimate of drug-likeness (QED) is 0.695. The summed E-state index contributed by atoms with van der Waals surface area (Å²) in [7, 11) is 0. The van der Waals surface area contributed by atoms with Crippen LogP contribution in [0.1, 0.15) is 39.1 Å². The summed E-state index contributed by atoms with van der Waals surface area (Å²) in [4.78, 5) is 52.0. The minimum Gasteiger partial charge on any atom is -0.309 e. The molecule has 2 atom stereocenters. The van der Waals surface area contributed by atoms with Gasteiger partial charge in [-0.25, -0.2) is 4.39 Å². The van der Waals surface area contributed by atoms with Gasteiger partial charge in [0.15, 0.2) is 0 Å². The number of carbonyl (C=O) groups is 4. The lowest BCUT2D eigenvalue weighted by Gasteiger charge is -2.32. The van der Waals surface area contributed by atoms with Crippen molar-refractivity contribution in [3.63, 3.8) is 0 Å².